The van der Waals surface area contributed by atoms with E-state index in [9.17, 15) is 4.79 Å². The highest BCUT2D eigenvalue weighted by molar-refractivity contribution is 6.30. The summed E-state index contributed by atoms with van der Waals surface area (Å²) in [6.07, 6.45) is 3.93. The molecule has 0 aliphatic carbocycles. The van der Waals surface area contributed by atoms with Crippen LogP contribution in [-0.2, 0) is 11.2 Å². The average Bonchev–Trinajstić information content (AvgIpc) is 3.18. The van der Waals surface area contributed by atoms with Gasteiger partial charge in [0.1, 0.15) is 0 Å². The van der Waals surface area contributed by atoms with E-state index in [4.69, 9.17) is 11.6 Å². The van der Waals surface area contributed by atoms with Gasteiger partial charge in [-0.3, -0.25) is 4.79 Å². The van der Waals surface area contributed by atoms with Crippen LogP contribution in [0.4, 0.5) is 11.4 Å². The summed E-state index contributed by atoms with van der Waals surface area (Å²) in [4.78, 5) is 14.4. The predicted molar refractivity (Wildman–Crippen MR) is 109 cm³/mol. The minimum Gasteiger partial charge on any atom is -0.372 e. The van der Waals surface area contributed by atoms with Crippen molar-refractivity contribution in [2.75, 3.05) is 36.4 Å². The highest BCUT2D eigenvalue weighted by Crippen LogP contribution is 2.22. The molecule has 1 aliphatic heterocycles. The first-order valence-corrected chi connectivity index (χ1v) is 9.68. The van der Waals surface area contributed by atoms with Gasteiger partial charge in [-0.1, -0.05) is 23.7 Å². The lowest BCUT2D eigenvalue weighted by Gasteiger charge is -2.17. The summed E-state index contributed by atoms with van der Waals surface area (Å²) in [6.45, 7) is 3.78. The second kappa shape index (κ2) is 9.60. The summed E-state index contributed by atoms with van der Waals surface area (Å²) in [5, 5.41) is 7.03. The summed E-state index contributed by atoms with van der Waals surface area (Å²) in [7, 11) is 0. The van der Waals surface area contributed by atoms with Crippen LogP contribution in [0.25, 0.3) is 0 Å². The number of amides is 1. The number of nitrogens with one attached hydrogen (secondary N) is 2. The topological polar surface area (TPSA) is 44.4 Å². The van der Waals surface area contributed by atoms with Crippen molar-refractivity contribution in [2.24, 2.45) is 0 Å². The van der Waals surface area contributed by atoms with Gasteiger partial charge in [-0.2, -0.15) is 0 Å². The molecular formula is C21H26ClN3O. The molecule has 0 atom stereocenters. The molecule has 2 aromatic rings. The molecule has 5 heteroatoms. The lowest BCUT2D eigenvalue weighted by molar-refractivity contribution is -0.116. The Morgan fingerprint density at radius 2 is 1.65 bits per heavy atom. The van der Waals surface area contributed by atoms with E-state index in [1.54, 1.807) is 0 Å². The van der Waals surface area contributed by atoms with Crippen molar-refractivity contribution in [1.29, 1.82) is 0 Å². The fourth-order valence-electron chi connectivity index (χ4n) is 3.17. The molecule has 0 radical (unpaired) electrons. The van der Waals surface area contributed by atoms with Gasteiger partial charge in [-0.15, -0.1) is 0 Å². The van der Waals surface area contributed by atoms with Crippen molar-refractivity contribution in [2.45, 2.75) is 25.7 Å². The Hall–Kier alpha value is -2.04. The summed E-state index contributed by atoms with van der Waals surface area (Å²) in [5.41, 5.74) is 3.34. The van der Waals surface area contributed by atoms with Crippen LogP contribution in [0, 0.1) is 0 Å². The molecule has 0 spiro atoms. The Bertz CT molecular complexity index is 694. The number of anilines is 2. The van der Waals surface area contributed by atoms with E-state index in [2.05, 4.69) is 27.7 Å². The van der Waals surface area contributed by atoms with Gasteiger partial charge in [0.15, 0.2) is 0 Å². The molecule has 26 heavy (non-hydrogen) atoms. The summed E-state index contributed by atoms with van der Waals surface area (Å²) in [6, 6.07) is 16.0. The third kappa shape index (κ3) is 5.75. The molecule has 2 aromatic carbocycles. The van der Waals surface area contributed by atoms with Gasteiger partial charge < -0.3 is 15.5 Å². The molecule has 1 heterocycles. The first kappa shape index (κ1) is 18.7. The average molecular weight is 372 g/mol. The van der Waals surface area contributed by atoms with Gasteiger partial charge in [0, 0.05) is 42.5 Å². The third-order valence-electron chi connectivity index (χ3n) is 4.65. The van der Waals surface area contributed by atoms with Crippen molar-refractivity contribution in [3.05, 3.63) is 59.1 Å². The van der Waals surface area contributed by atoms with Crippen LogP contribution in [0.15, 0.2) is 48.5 Å². The Kier molecular flexibility index (Phi) is 6.92. The maximum absolute atomic E-state index is 12.0. The van der Waals surface area contributed by atoms with Gasteiger partial charge in [-0.05, 0) is 67.8 Å². The SMILES string of the molecule is O=C(CCNCCc1ccc(Cl)cc1)Nc1ccc(N2CCCC2)cc1. The van der Waals surface area contributed by atoms with E-state index in [-0.39, 0.29) is 5.91 Å². The molecule has 1 aliphatic rings. The van der Waals surface area contributed by atoms with Crippen LogP contribution in [0.3, 0.4) is 0 Å². The molecule has 0 bridgehead atoms. The van der Waals surface area contributed by atoms with Crippen LogP contribution < -0.4 is 15.5 Å². The lowest BCUT2D eigenvalue weighted by Crippen LogP contribution is -2.23. The second-order valence-corrected chi connectivity index (χ2v) is 7.10. The Balaban J connectivity index is 1.33. The monoisotopic (exact) mass is 371 g/mol. The predicted octanol–water partition coefficient (Wildman–Crippen LogP) is 4.10. The zero-order valence-corrected chi connectivity index (χ0v) is 15.8. The number of nitrogens with zero attached hydrogens (tertiary/aromatic N) is 1. The van der Waals surface area contributed by atoms with E-state index in [1.807, 2.05) is 36.4 Å². The maximum Gasteiger partial charge on any atom is 0.225 e. The van der Waals surface area contributed by atoms with Gasteiger partial charge in [0.25, 0.3) is 0 Å². The number of rotatable bonds is 8. The number of hydrogen-bond acceptors (Lipinski definition) is 3. The van der Waals surface area contributed by atoms with Gasteiger partial charge in [0.2, 0.25) is 5.91 Å². The molecule has 1 fully saturated rings. The number of carbonyl (C=O) groups excluding carboxylic acids is 1. The van der Waals surface area contributed by atoms with Crippen molar-refractivity contribution in [3.8, 4) is 0 Å². The van der Waals surface area contributed by atoms with E-state index in [1.165, 1.54) is 24.1 Å². The van der Waals surface area contributed by atoms with E-state index >= 15 is 0 Å². The maximum atomic E-state index is 12.0. The van der Waals surface area contributed by atoms with Crippen molar-refractivity contribution in [1.82, 2.24) is 5.32 Å². The van der Waals surface area contributed by atoms with E-state index < -0.39 is 0 Å². The molecule has 0 aromatic heterocycles. The smallest absolute Gasteiger partial charge is 0.225 e. The second-order valence-electron chi connectivity index (χ2n) is 6.67. The molecule has 4 nitrogen and oxygen atoms in total. The number of halogens is 1. The van der Waals surface area contributed by atoms with Crippen molar-refractivity contribution >= 4 is 28.9 Å². The molecule has 0 saturated carbocycles. The molecule has 3 rings (SSSR count). The highest BCUT2D eigenvalue weighted by Gasteiger charge is 2.12. The van der Waals surface area contributed by atoms with Crippen LogP contribution in [0.5, 0.6) is 0 Å². The van der Waals surface area contributed by atoms with Gasteiger partial charge in [-0.25, -0.2) is 0 Å². The first-order chi connectivity index (χ1) is 12.7. The minimum atomic E-state index is 0.0397. The largest absolute Gasteiger partial charge is 0.372 e. The zero-order chi connectivity index (χ0) is 18.2. The first-order valence-electron chi connectivity index (χ1n) is 9.31. The number of carbonyl (C=O) groups is 1. The van der Waals surface area contributed by atoms with Crippen LogP contribution in [0.1, 0.15) is 24.8 Å². The zero-order valence-electron chi connectivity index (χ0n) is 15.0. The fraction of sp³-hybridized carbons (Fsp3) is 0.381. The molecule has 2 N–H and O–H groups in total. The quantitative estimate of drug-likeness (QED) is 0.686. The number of hydrogen-bond donors (Lipinski definition) is 2. The highest BCUT2D eigenvalue weighted by atomic mass is 35.5. The van der Waals surface area contributed by atoms with E-state index in [0.29, 0.717) is 13.0 Å². The standard InChI is InChI=1S/C21H26ClN3O/c22-18-5-3-17(4-6-18)11-13-23-14-12-21(26)24-19-7-9-20(10-8-19)25-15-1-2-16-25/h3-10,23H,1-2,11-16H2,(H,24,26). The van der Waals surface area contributed by atoms with Crippen LogP contribution in [0.2, 0.25) is 5.02 Å². The number of benzene rings is 2. The normalized spacial score (nSPS) is 13.8. The Morgan fingerprint density at radius 3 is 2.35 bits per heavy atom. The Labute approximate surface area is 160 Å². The molecular weight excluding hydrogens is 346 g/mol. The Morgan fingerprint density at radius 1 is 0.962 bits per heavy atom. The van der Waals surface area contributed by atoms with Gasteiger partial charge in [0.05, 0.1) is 0 Å². The summed E-state index contributed by atoms with van der Waals surface area (Å²) >= 11 is 5.88. The van der Waals surface area contributed by atoms with Crippen molar-refractivity contribution in [3.63, 3.8) is 0 Å². The minimum absolute atomic E-state index is 0.0397. The summed E-state index contributed by atoms with van der Waals surface area (Å²) in [5.74, 6) is 0.0397. The summed E-state index contributed by atoms with van der Waals surface area (Å²) < 4.78 is 0. The van der Waals surface area contributed by atoms with E-state index in [0.717, 1.165) is 36.8 Å². The van der Waals surface area contributed by atoms with Crippen LogP contribution >= 0.6 is 11.6 Å². The molecule has 138 valence electrons. The third-order valence-corrected chi connectivity index (χ3v) is 4.91. The molecule has 1 amide bonds. The fourth-order valence-corrected chi connectivity index (χ4v) is 3.29. The van der Waals surface area contributed by atoms with Crippen LogP contribution in [-0.4, -0.2) is 32.1 Å². The molecule has 0 unspecified atom stereocenters. The lowest BCUT2D eigenvalue weighted by atomic mass is 10.1. The van der Waals surface area contributed by atoms with Gasteiger partial charge >= 0.3 is 0 Å². The van der Waals surface area contributed by atoms with Crippen molar-refractivity contribution < 1.29 is 4.79 Å². The molecule has 1 saturated heterocycles.